The van der Waals surface area contributed by atoms with Crippen molar-refractivity contribution in [2.24, 2.45) is 0 Å². The van der Waals surface area contributed by atoms with Gasteiger partial charge in [-0.15, -0.1) is 0 Å². The minimum absolute atomic E-state index is 0.0555. The number of para-hydroxylation sites is 1. The average molecular weight is 269 g/mol. The summed E-state index contributed by atoms with van der Waals surface area (Å²) in [6, 6.07) is 9.30. The number of fused-ring (bicyclic) bond motifs is 1. The van der Waals surface area contributed by atoms with Crippen molar-refractivity contribution in [1.82, 2.24) is 10.3 Å². The van der Waals surface area contributed by atoms with Gasteiger partial charge in [-0.05, 0) is 12.1 Å². The Morgan fingerprint density at radius 3 is 3.05 bits per heavy atom. The van der Waals surface area contributed by atoms with Gasteiger partial charge in [0.15, 0.2) is 0 Å². The number of hydrogen-bond donors (Lipinski definition) is 2. The summed E-state index contributed by atoms with van der Waals surface area (Å²) in [5.41, 5.74) is 7.60. The monoisotopic (exact) mass is 269 g/mol. The SMILES string of the molecule is Nc1cnccc1C(=O)NC1CCOc2ccccc21. The van der Waals surface area contributed by atoms with Gasteiger partial charge in [-0.1, -0.05) is 18.2 Å². The Bertz CT molecular complexity index is 643. The first-order valence-corrected chi connectivity index (χ1v) is 6.48. The molecule has 20 heavy (non-hydrogen) atoms. The third-order valence-corrected chi connectivity index (χ3v) is 3.36. The number of nitrogen functional groups attached to an aromatic ring is 1. The van der Waals surface area contributed by atoms with Gasteiger partial charge in [0, 0.05) is 18.2 Å². The van der Waals surface area contributed by atoms with E-state index in [1.807, 2.05) is 24.3 Å². The second-order valence-electron chi connectivity index (χ2n) is 4.66. The summed E-state index contributed by atoms with van der Waals surface area (Å²) in [5, 5.41) is 3.01. The van der Waals surface area contributed by atoms with E-state index in [-0.39, 0.29) is 11.9 Å². The number of pyridine rings is 1. The highest BCUT2D eigenvalue weighted by molar-refractivity contribution is 5.99. The lowest BCUT2D eigenvalue weighted by atomic mass is 10.00. The first-order chi connectivity index (χ1) is 9.75. The molecule has 1 aliphatic rings. The first-order valence-electron chi connectivity index (χ1n) is 6.48. The van der Waals surface area contributed by atoms with E-state index in [4.69, 9.17) is 10.5 Å². The van der Waals surface area contributed by atoms with Crippen molar-refractivity contribution in [2.45, 2.75) is 12.5 Å². The van der Waals surface area contributed by atoms with Crippen LogP contribution in [0.4, 0.5) is 5.69 Å². The molecule has 2 heterocycles. The summed E-state index contributed by atoms with van der Waals surface area (Å²) in [7, 11) is 0. The fourth-order valence-electron chi connectivity index (χ4n) is 2.34. The molecule has 0 spiro atoms. The number of aromatic nitrogens is 1. The van der Waals surface area contributed by atoms with Gasteiger partial charge in [0.1, 0.15) is 5.75 Å². The van der Waals surface area contributed by atoms with Crippen LogP contribution in [0.3, 0.4) is 0 Å². The van der Waals surface area contributed by atoms with Crippen molar-refractivity contribution in [3.05, 3.63) is 53.9 Å². The zero-order valence-electron chi connectivity index (χ0n) is 10.9. The Morgan fingerprint density at radius 1 is 1.35 bits per heavy atom. The number of amides is 1. The molecule has 2 aromatic rings. The van der Waals surface area contributed by atoms with E-state index in [0.29, 0.717) is 17.9 Å². The van der Waals surface area contributed by atoms with E-state index in [2.05, 4.69) is 10.3 Å². The lowest BCUT2D eigenvalue weighted by Crippen LogP contribution is -2.32. The third-order valence-electron chi connectivity index (χ3n) is 3.36. The lowest BCUT2D eigenvalue weighted by Gasteiger charge is -2.26. The average Bonchev–Trinajstić information content (AvgIpc) is 2.48. The van der Waals surface area contributed by atoms with Crippen molar-refractivity contribution in [3.8, 4) is 5.75 Å². The summed E-state index contributed by atoms with van der Waals surface area (Å²) in [6.45, 7) is 0.591. The molecule has 5 nitrogen and oxygen atoms in total. The molecular weight excluding hydrogens is 254 g/mol. The number of nitrogens with two attached hydrogens (primary N) is 1. The Hall–Kier alpha value is -2.56. The fraction of sp³-hybridized carbons (Fsp3) is 0.200. The number of benzene rings is 1. The van der Waals surface area contributed by atoms with Crippen LogP contribution in [0.5, 0.6) is 5.75 Å². The number of rotatable bonds is 2. The molecule has 1 aromatic heterocycles. The number of nitrogens with zero attached hydrogens (tertiary/aromatic N) is 1. The second kappa shape index (κ2) is 5.21. The first kappa shape index (κ1) is 12.5. The molecule has 102 valence electrons. The molecule has 0 radical (unpaired) electrons. The van der Waals surface area contributed by atoms with Crippen molar-refractivity contribution < 1.29 is 9.53 Å². The van der Waals surface area contributed by atoms with Gasteiger partial charge in [-0.3, -0.25) is 9.78 Å². The highest BCUT2D eigenvalue weighted by Gasteiger charge is 2.23. The summed E-state index contributed by atoms with van der Waals surface area (Å²) >= 11 is 0. The molecule has 3 rings (SSSR count). The molecule has 0 saturated carbocycles. The van der Waals surface area contributed by atoms with Gasteiger partial charge in [0.2, 0.25) is 0 Å². The predicted octanol–water partition coefficient (Wildman–Crippen LogP) is 1.92. The van der Waals surface area contributed by atoms with Crippen LogP contribution in [0.25, 0.3) is 0 Å². The molecule has 3 N–H and O–H groups in total. The number of carbonyl (C=O) groups is 1. The Labute approximate surface area is 116 Å². The predicted molar refractivity (Wildman–Crippen MR) is 75.4 cm³/mol. The van der Waals surface area contributed by atoms with Crippen molar-refractivity contribution >= 4 is 11.6 Å². The van der Waals surface area contributed by atoms with Gasteiger partial charge in [-0.2, -0.15) is 0 Å². The van der Waals surface area contributed by atoms with Crippen molar-refractivity contribution in [3.63, 3.8) is 0 Å². The van der Waals surface area contributed by atoms with Crippen LogP contribution < -0.4 is 15.8 Å². The van der Waals surface area contributed by atoms with Crippen molar-refractivity contribution in [2.75, 3.05) is 12.3 Å². The summed E-state index contributed by atoms with van der Waals surface area (Å²) in [6.07, 6.45) is 3.78. The Balaban J connectivity index is 1.83. The molecule has 1 unspecified atom stereocenters. The Kier molecular flexibility index (Phi) is 3.25. The number of anilines is 1. The van der Waals surface area contributed by atoms with Crippen LogP contribution in [-0.2, 0) is 0 Å². The number of hydrogen-bond acceptors (Lipinski definition) is 4. The van der Waals surface area contributed by atoms with E-state index in [9.17, 15) is 4.79 Å². The minimum Gasteiger partial charge on any atom is -0.493 e. The van der Waals surface area contributed by atoms with E-state index < -0.39 is 0 Å². The van der Waals surface area contributed by atoms with Crippen LogP contribution in [0.1, 0.15) is 28.4 Å². The molecule has 0 aliphatic carbocycles. The fourth-order valence-corrected chi connectivity index (χ4v) is 2.34. The summed E-state index contributed by atoms with van der Waals surface area (Å²) in [4.78, 5) is 16.2. The molecule has 0 fully saturated rings. The molecule has 5 heteroatoms. The molecule has 1 aliphatic heterocycles. The van der Waals surface area contributed by atoms with Gasteiger partial charge < -0.3 is 15.8 Å². The molecule has 1 aromatic carbocycles. The zero-order chi connectivity index (χ0) is 13.9. The molecule has 1 atom stereocenters. The van der Waals surface area contributed by atoms with Gasteiger partial charge >= 0.3 is 0 Å². The van der Waals surface area contributed by atoms with E-state index >= 15 is 0 Å². The molecular formula is C15H15N3O2. The third kappa shape index (κ3) is 2.30. The van der Waals surface area contributed by atoms with Crippen LogP contribution >= 0.6 is 0 Å². The number of ether oxygens (including phenoxy) is 1. The maximum Gasteiger partial charge on any atom is 0.253 e. The zero-order valence-corrected chi connectivity index (χ0v) is 10.9. The van der Waals surface area contributed by atoms with Gasteiger partial charge in [0.25, 0.3) is 5.91 Å². The molecule has 0 bridgehead atoms. The second-order valence-corrected chi connectivity index (χ2v) is 4.66. The lowest BCUT2D eigenvalue weighted by molar-refractivity contribution is 0.0925. The molecule has 1 amide bonds. The standard InChI is InChI=1S/C15H15N3O2/c16-12-9-17-7-5-10(12)15(19)18-13-6-8-20-14-4-2-1-3-11(13)14/h1-5,7,9,13H,6,8,16H2,(H,18,19). The summed E-state index contributed by atoms with van der Waals surface area (Å²) < 4.78 is 5.58. The van der Waals surface area contributed by atoms with E-state index in [1.54, 1.807) is 12.3 Å². The minimum atomic E-state index is -0.188. The van der Waals surface area contributed by atoms with E-state index in [0.717, 1.165) is 17.7 Å². The normalized spacial score (nSPS) is 16.9. The maximum atomic E-state index is 12.3. The topological polar surface area (TPSA) is 77.2 Å². The van der Waals surface area contributed by atoms with Crippen LogP contribution in [-0.4, -0.2) is 17.5 Å². The van der Waals surface area contributed by atoms with Gasteiger partial charge in [-0.25, -0.2) is 0 Å². The number of carbonyl (C=O) groups excluding carboxylic acids is 1. The van der Waals surface area contributed by atoms with E-state index in [1.165, 1.54) is 6.20 Å². The maximum absolute atomic E-state index is 12.3. The van der Waals surface area contributed by atoms with Gasteiger partial charge in [0.05, 0.1) is 30.1 Å². The highest BCUT2D eigenvalue weighted by atomic mass is 16.5. The Morgan fingerprint density at radius 2 is 2.20 bits per heavy atom. The highest BCUT2D eigenvalue weighted by Crippen LogP contribution is 2.31. The smallest absolute Gasteiger partial charge is 0.253 e. The molecule has 0 saturated heterocycles. The number of nitrogens with one attached hydrogen (secondary N) is 1. The quantitative estimate of drug-likeness (QED) is 0.873. The van der Waals surface area contributed by atoms with Crippen LogP contribution in [0, 0.1) is 0 Å². The van der Waals surface area contributed by atoms with Crippen molar-refractivity contribution in [1.29, 1.82) is 0 Å². The van der Waals surface area contributed by atoms with Crippen LogP contribution in [0.2, 0.25) is 0 Å². The largest absolute Gasteiger partial charge is 0.493 e. The van der Waals surface area contributed by atoms with Crippen LogP contribution in [0.15, 0.2) is 42.7 Å². The summed E-state index contributed by atoms with van der Waals surface area (Å²) in [5.74, 6) is 0.637.